The summed E-state index contributed by atoms with van der Waals surface area (Å²) in [4.78, 5) is 1.51. The summed E-state index contributed by atoms with van der Waals surface area (Å²) in [5.74, 6) is -1.75. The first-order valence-electron chi connectivity index (χ1n) is 10.6. The Kier molecular flexibility index (Phi) is 6.59. The van der Waals surface area contributed by atoms with Gasteiger partial charge in [0.2, 0.25) is 0 Å². The second-order valence-electron chi connectivity index (χ2n) is 8.41. The maximum absolute atomic E-state index is 13.7. The summed E-state index contributed by atoms with van der Waals surface area (Å²) >= 11 is 0. The van der Waals surface area contributed by atoms with Crippen molar-refractivity contribution in [2.75, 3.05) is 18.8 Å². The highest BCUT2D eigenvalue weighted by atomic mass is 32.2. The van der Waals surface area contributed by atoms with Crippen LogP contribution in [0.4, 0.5) is 17.6 Å². The van der Waals surface area contributed by atoms with Crippen molar-refractivity contribution >= 4 is 9.84 Å². The lowest BCUT2D eigenvalue weighted by molar-refractivity contribution is -0.137. The van der Waals surface area contributed by atoms with E-state index in [1.54, 1.807) is 0 Å². The van der Waals surface area contributed by atoms with Gasteiger partial charge in [0.05, 0.1) is 16.2 Å². The molecule has 1 saturated heterocycles. The summed E-state index contributed by atoms with van der Waals surface area (Å²) in [6.07, 6.45) is -4.20. The number of nitrogens with zero attached hydrogens (tertiary/aromatic N) is 1. The fourth-order valence-electron chi connectivity index (χ4n) is 4.20. The Hall–Kier alpha value is -2.71. The zero-order valence-electron chi connectivity index (χ0n) is 17.7. The van der Waals surface area contributed by atoms with Crippen LogP contribution in [0.3, 0.4) is 0 Å². The zero-order valence-corrected chi connectivity index (χ0v) is 18.5. The lowest BCUT2D eigenvalue weighted by atomic mass is 10.0. The molecule has 1 heterocycles. The van der Waals surface area contributed by atoms with Gasteiger partial charge in [-0.25, -0.2) is 12.8 Å². The van der Waals surface area contributed by atoms with Crippen molar-refractivity contribution in [3.05, 3.63) is 89.7 Å². The summed E-state index contributed by atoms with van der Waals surface area (Å²) in [7, 11) is -4.05. The van der Waals surface area contributed by atoms with E-state index < -0.39 is 32.3 Å². The lowest BCUT2D eigenvalue weighted by Crippen LogP contribution is -2.23. The number of halogens is 4. The van der Waals surface area contributed by atoms with Gasteiger partial charge in [0.25, 0.3) is 0 Å². The molecule has 0 saturated carbocycles. The van der Waals surface area contributed by atoms with Gasteiger partial charge in [-0.3, -0.25) is 4.90 Å². The number of hydrogen-bond acceptors (Lipinski definition) is 3. The first-order chi connectivity index (χ1) is 15.6. The topological polar surface area (TPSA) is 37.4 Å². The molecule has 8 heteroatoms. The Labute approximate surface area is 190 Å². The second-order valence-corrected chi connectivity index (χ2v) is 10.4. The van der Waals surface area contributed by atoms with Crippen LogP contribution in [0.25, 0.3) is 11.1 Å². The van der Waals surface area contributed by atoms with E-state index in [0.717, 1.165) is 16.7 Å². The number of rotatable bonds is 6. The molecular formula is C25H23F4NO2S. The summed E-state index contributed by atoms with van der Waals surface area (Å²) in [6, 6.07) is 19.7. The molecular weight excluding hydrogens is 454 g/mol. The average Bonchev–Trinajstić information content (AvgIpc) is 3.20. The van der Waals surface area contributed by atoms with Crippen molar-refractivity contribution < 1.29 is 26.0 Å². The van der Waals surface area contributed by atoms with Gasteiger partial charge in [0.15, 0.2) is 9.84 Å². The Bertz CT molecular complexity index is 1210. The smallest absolute Gasteiger partial charge is 0.299 e. The third-order valence-corrected chi connectivity index (χ3v) is 7.71. The van der Waals surface area contributed by atoms with E-state index in [-0.39, 0.29) is 11.7 Å². The van der Waals surface area contributed by atoms with Crippen molar-refractivity contribution in [2.45, 2.75) is 24.0 Å². The molecule has 0 aromatic heterocycles. The monoisotopic (exact) mass is 477 g/mol. The average molecular weight is 478 g/mol. The molecule has 4 rings (SSSR count). The highest BCUT2D eigenvalue weighted by Crippen LogP contribution is 2.32. The third kappa shape index (κ3) is 5.81. The standard InChI is InChI=1S/C25H23F4NO2S/c26-23-12-22(25(27,28)29)13-24(14-23)33(31,32)17-19-10-11-30(16-19)15-18-6-8-21(9-7-18)20-4-2-1-3-5-20/h1-9,12-14,19H,10-11,15-17H2/t19-/m1/s1. The van der Waals surface area contributed by atoms with Gasteiger partial charge < -0.3 is 0 Å². The summed E-state index contributed by atoms with van der Waals surface area (Å²) < 4.78 is 77.9. The van der Waals surface area contributed by atoms with Gasteiger partial charge in [-0.05, 0) is 53.8 Å². The summed E-state index contributed by atoms with van der Waals surface area (Å²) in [5.41, 5.74) is 2.03. The Morgan fingerprint density at radius 3 is 2.24 bits per heavy atom. The minimum atomic E-state index is -4.81. The van der Waals surface area contributed by atoms with E-state index >= 15 is 0 Å². The predicted molar refractivity (Wildman–Crippen MR) is 119 cm³/mol. The maximum Gasteiger partial charge on any atom is 0.416 e. The Morgan fingerprint density at radius 2 is 1.58 bits per heavy atom. The fourth-order valence-corrected chi connectivity index (χ4v) is 5.88. The van der Waals surface area contributed by atoms with Crippen molar-refractivity contribution in [3.63, 3.8) is 0 Å². The predicted octanol–water partition coefficient (Wildman–Crippen LogP) is 5.81. The van der Waals surface area contributed by atoms with Crippen LogP contribution in [0.5, 0.6) is 0 Å². The highest BCUT2D eigenvalue weighted by Gasteiger charge is 2.34. The number of alkyl halides is 3. The normalized spacial score (nSPS) is 17.4. The van der Waals surface area contributed by atoms with Gasteiger partial charge in [0.1, 0.15) is 5.82 Å². The second kappa shape index (κ2) is 9.27. The molecule has 0 bridgehead atoms. The molecule has 3 nitrogen and oxygen atoms in total. The fraction of sp³-hybridized carbons (Fsp3) is 0.280. The molecule has 1 aliphatic rings. The third-order valence-electron chi connectivity index (χ3n) is 5.85. The molecule has 0 unspecified atom stereocenters. The zero-order chi connectivity index (χ0) is 23.6. The largest absolute Gasteiger partial charge is 0.416 e. The number of sulfone groups is 1. The van der Waals surface area contributed by atoms with Crippen LogP contribution in [0.2, 0.25) is 0 Å². The van der Waals surface area contributed by atoms with Crippen LogP contribution in [-0.4, -0.2) is 32.2 Å². The Morgan fingerprint density at radius 1 is 0.909 bits per heavy atom. The molecule has 1 aliphatic heterocycles. The molecule has 0 aliphatic carbocycles. The number of likely N-dealkylation sites (tertiary alicyclic amines) is 1. The molecule has 1 atom stereocenters. The quantitative estimate of drug-likeness (QED) is 0.421. The lowest BCUT2D eigenvalue weighted by Gasteiger charge is -2.17. The SMILES string of the molecule is O=S(=O)(C[C@@H]1CCN(Cc2ccc(-c3ccccc3)cc2)C1)c1cc(F)cc(C(F)(F)F)c1. The number of hydrogen-bond donors (Lipinski definition) is 0. The molecule has 0 spiro atoms. The van der Waals surface area contributed by atoms with E-state index in [1.807, 2.05) is 54.6 Å². The van der Waals surface area contributed by atoms with Gasteiger partial charge >= 0.3 is 6.18 Å². The number of benzene rings is 3. The first kappa shape index (κ1) is 23.4. The van der Waals surface area contributed by atoms with E-state index in [4.69, 9.17) is 0 Å². The van der Waals surface area contributed by atoms with E-state index in [2.05, 4.69) is 4.90 Å². The van der Waals surface area contributed by atoms with E-state index in [1.165, 1.54) is 0 Å². The minimum Gasteiger partial charge on any atom is -0.299 e. The molecule has 174 valence electrons. The summed E-state index contributed by atoms with van der Waals surface area (Å²) in [6.45, 7) is 1.86. The van der Waals surface area contributed by atoms with Crippen molar-refractivity contribution in [1.29, 1.82) is 0 Å². The minimum absolute atomic E-state index is 0.226. The van der Waals surface area contributed by atoms with Gasteiger partial charge in [0, 0.05) is 13.1 Å². The molecule has 1 fully saturated rings. The van der Waals surface area contributed by atoms with Crippen LogP contribution >= 0.6 is 0 Å². The van der Waals surface area contributed by atoms with Crippen LogP contribution in [-0.2, 0) is 22.6 Å². The summed E-state index contributed by atoms with van der Waals surface area (Å²) in [5, 5.41) is 0. The van der Waals surface area contributed by atoms with Crippen LogP contribution in [0.15, 0.2) is 77.7 Å². The van der Waals surface area contributed by atoms with E-state index in [9.17, 15) is 26.0 Å². The van der Waals surface area contributed by atoms with Crippen molar-refractivity contribution in [1.82, 2.24) is 4.90 Å². The van der Waals surface area contributed by atoms with Gasteiger partial charge in [-0.2, -0.15) is 13.2 Å². The van der Waals surface area contributed by atoms with Gasteiger partial charge in [-0.1, -0.05) is 54.6 Å². The van der Waals surface area contributed by atoms with Crippen LogP contribution in [0, 0.1) is 11.7 Å². The molecule has 3 aromatic carbocycles. The first-order valence-corrected chi connectivity index (χ1v) is 12.2. The maximum atomic E-state index is 13.7. The Balaban J connectivity index is 1.39. The molecule has 33 heavy (non-hydrogen) atoms. The van der Waals surface area contributed by atoms with Gasteiger partial charge in [-0.15, -0.1) is 0 Å². The van der Waals surface area contributed by atoms with Crippen molar-refractivity contribution in [2.24, 2.45) is 5.92 Å². The van der Waals surface area contributed by atoms with Crippen molar-refractivity contribution in [3.8, 4) is 11.1 Å². The molecule has 0 N–H and O–H groups in total. The highest BCUT2D eigenvalue weighted by molar-refractivity contribution is 7.91. The van der Waals surface area contributed by atoms with E-state index in [0.29, 0.717) is 44.3 Å². The van der Waals surface area contributed by atoms with Crippen LogP contribution in [0.1, 0.15) is 17.5 Å². The molecule has 0 amide bonds. The molecule has 3 aromatic rings. The van der Waals surface area contributed by atoms with Crippen LogP contribution < -0.4 is 0 Å². The molecule has 0 radical (unpaired) electrons.